The molecule has 0 aliphatic heterocycles. The lowest BCUT2D eigenvalue weighted by molar-refractivity contribution is -0.137. The Kier molecular flexibility index (Phi) is 6.96. The second-order valence-corrected chi connectivity index (χ2v) is 8.72. The number of carboxylic acid groups (broad SMARTS) is 1. The van der Waals surface area contributed by atoms with Gasteiger partial charge in [-0.25, -0.2) is 0 Å². The highest BCUT2D eigenvalue weighted by molar-refractivity contribution is 6.17. The number of aliphatic carboxylic acids is 1. The molecule has 8 nitrogen and oxygen atoms in total. The summed E-state index contributed by atoms with van der Waals surface area (Å²) in [5.41, 5.74) is 3.67. The van der Waals surface area contributed by atoms with Gasteiger partial charge in [-0.1, -0.05) is 19.1 Å². The number of nitrogens with zero attached hydrogens (tertiary/aromatic N) is 2. The Bertz CT molecular complexity index is 1440. The van der Waals surface area contributed by atoms with Gasteiger partial charge in [0.1, 0.15) is 17.1 Å². The van der Waals surface area contributed by atoms with Gasteiger partial charge in [0.25, 0.3) is 0 Å². The molecular formula is C28H28N2O6. The molecule has 2 heterocycles. The number of aromatic hydroxyl groups is 1. The van der Waals surface area contributed by atoms with Crippen LogP contribution in [0.25, 0.3) is 11.0 Å². The molecule has 2 N–H and O–H groups in total. The van der Waals surface area contributed by atoms with Crippen LogP contribution in [0.5, 0.6) is 17.4 Å². The lowest BCUT2D eigenvalue weighted by Crippen LogP contribution is -2.07. The van der Waals surface area contributed by atoms with Gasteiger partial charge in [0.15, 0.2) is 5.78 Å². The highest BCUT2D eigenvalue weighted by Crippen LogP contribution is 2.32. The lowest BCUT2D eigenvalue weighted by atomic mass is 9.96. The lowest BCUT2D eigenvalue weighted by Gasteiger charge is -2.14. The number of fused-ring (bicyclic) bond motifs is 1. The summed E-state index contributed by atoms with van der Waals surface area (Å²) in [5.74, 6) is -0.156. The molecule has 1 unspecified atom stereocenters. The van der Waals surface area contributed by atoms with Gasteiger partial charge >= 0.3 is 5.97 Å². The van der Waals surface area contributed by atoms with Crippen molar-refractivity contribution in [2.45, 2.75) is 32.7 Å². The molecule has 4 rings (SSSR count). The highest BCUT2D eigenvalue weighted by Gasteiger charge is 2.23. The van der Waals surface area contributed by atoms with Crippen LogP contribution >= 0.6 is 0 Å². The predicted octanol–water partition coefficient (Wildman–Crippen LogP) is 4.93. The predicted molar refractivity (Wildman–Crippen MR) is 135 cm³/mol. The first kappa shape index (κ1) is 24.8. The number of carbonyl (C=O) groups excluding carboxylic acids is 1. The van der Waals surface area contributed by atoms with Gasteiger partial charge in [-0.3, -0.25) is 9.59 Å². The van der Waals surface area contributed by atoms with E-state index in [0.29, 0.717) is 45.0 Å². The van der Waals surface area contributed by atoms with Crippen molar-refractivity contribution in [3.8, 4) is 17.4 Å². The van der Waals surface area contributed by atoms with E-state index in [-0.39, 0.29) is 30.4 Å². The Morgan fingerprint density at radius 1 is 1.03 bits per heavy atom. The number of pyridine rings is 1. The van der Waals surface area contributed by atoms with Gasteiger partial charge in [-0.2, -0.15) is 4.98 Å². The first-order valence-electron chi connectivity index (χ1n) is 11.5. The molecule has 36 heavy (non-hydrogen) atoms. The summed E-state index contributed by atoms with van der Waals surface area (Å²) in [6.45, 7) is 3.92. The maximum Gasteiger partial charge on any atom is 0.303 e. The molecule has 1 atom stereocenters. The molecule has 8 heteroatoms. The smallest absolute Gasteiger partial charge is 0.303 e. The van der Waals surface area contributed by atoms with Crippen LogP contribution in [-0.4, -0.2) is 45.7 Å². The number of aromatic nitrogens is 2. The molecular weight excluding hydrogens is 460 g/mol. The van der Waals surface area contributed by atoms with Crippen LogP contribution in [0.2, 0.25) is 0 Å². The van der Waals surface area contributed by atoms with E-state index in [1.807, 2.05) is 23.6 Å². The van der Waals surface area contributed by atoms with E-state index in [9.17, 15) is 14.7 Å². The van der Waals surface area contributed by atoms with E-state index >= 15 is 0 Å². The Labute approximate surface area is 208 Å². The van der Waals surface area contributed by atoms with Crippen LogP contribution in [0.4, 0.5) is 0 Å². The topological polar surface area (TPSA) is 111 Å². The minimum absolute atomic E-state index is 0.0271. The standard InChI is InChI=1S/C28H28N2O6/c1-16(13-25(32)33)19-5-6-20(23(31)14-19)15-30-17(2)26(22-11-12-24(36-4)29-28(22)30)27(34)18-7-9-21(35-3)10-8-18/h5-12,14,16,31H,13,15H2,1-4H3,(H,32,33). The van der Waals surface area contributed by atoms with Crippen molar-refractivity contribution in [2.24, 2.45) is 0 Å². The number of hydrogen-bond donors (Lipinski definition) is 2. The third-order valence-corrected chi connectivity index (χ3v) is 6.42. The normalized spacial score (nSPS) is 11.9. The minimum Gasteiger partial charge on any atom is -0.508 e. The molecule has 0 saturated heterocycles. The van der Waals surface area contributed by atoms with Crippen LogP contribution in [0.3, 0.4) is 0 Å². The van der Waals surface area contributed by atoms with Gasteiger partial charge in [0.2, 0.25) is 5.88 Å². The molecule has 0 bridgehead atoms. The number of methoxy groups -OCH3 is 2. The van der Waals surface area contributed by atoms with Gasteiger partial charge < -0.3 is 24.3 Å². The average molecular weight is 489 g/mol. The zero-order chi connectivity index (χ0) is 26.0. The van der Waals surface area contributed by atoms with Crippen molar-refractivity contribution >= 4 is 22.8 Å². The Hall–Kier alpha value is -4.33. The first-order valence-corrected chi connectivity index (χ1v) is 11.5. The summed E-state index contributed by atoms with van der Waals surface area (Å²) in [5, 5.41) is 20.5. The number of phenols is 1. The maximum atomic E-state index is 13.6. The molecule has 0 saturated carbocycles. The summed E-state index contributed by atoms with van der Waals surface area (Å²) >= 11 is 0. The van der Waals surface area contributed by atoms with Gasteiger partial charge in [-0.05, 0) is 54.8 Å². The number of ether oxygens (including phenoxy) is 2. The summed E-state index contributed by atoms with van der Waals surface area (Å²) in [6, 6.07) is 15.7. The number of phenolic OH excluding ortho intramolecular Hbond substituents is 1. The fourth-order valence-electron chi connectivity index (χ4n) is 4.37. The number of carbonyl (C=O) groups is 2. The number of rotatable bonds is 9. The fraction of sp³-hybridized carbons (Fsp3) is 0.250. The van der Waals surface area contributed by atoms with Crippen LogP contribution < -0.4 is 9.47 Å². The van der Waals surface area contributed by atoms with Crippen molar-refractivity contribution < 1.29 is 29.3 Å². The first-order chi connectivity index (χ1) is 17.2. The van der Waals surface area contributed by atoms with Gasteiger partial charge in [0, 0.05) is 28.3 Å². The van der Waals surface area contributed by atoms with Gasteiger partial charge in [0.05, 0.1) is 32.7 Å². The zero-order valence-corrected chi connectivity index (χ0v) is 20.6. The van der Waals surface area contributed by atoms with Crippen molar-refractivity contribution in [1.82, 2.24) is 9.55 Å². The summed E-state index contributed by atoms with van der Waals surface area (Å²) in [7, 11) is 3.10. The van der Waals surface area contributed by atoms with Crippen molar-refractivity contribution in [3.05, 3.63) is 82.5 Å². The minimum atomic E-state index is -0.894. The molecule has 186 valence electrons. The van der Waals surface area contributed by atoms with Crippen molar-refractivity contribution in [3.63, 3.8) is 0 Å². The second-order valence-electron chi connectivity index (χ2n) is 8.72. The quantitative estimate of drug-likeness (QED) is 0.322. The summed E-state index contributed by atoms with van der Waals surface area (Å²) in [4.78, 5) is 29.2. The molecule has 0 aliphatic carbocycles. The molecule has 0 aliphatic rings. The Morgan fingerprint density at radius 2 is 1.75 bits per heavy atom. The van der Waals surface area contributed by atoms with Crippen LogP contribution in [0.15, 0.2) is 54.6 Å². The third kappa shape index (κ3) is 4.75. The molecule has 0 radical (unpaired) electrons. The third-order valence-electron chi connectivity index (χ3n) is 6.42. The average Bonchev–Trinajstić information content (AvgIpc) is 3.14. The van der Waals surface area contributed by atoms with Crippen LogP contribution in [0, 0.1) is 6.92 Å². The summed E-state index contributed by atoms with van der Waals surface area (Å²) in [6.07, 6.45) is -0.0271. The molecule has 4 aromatic rings. The maximum absolute atomic E-state index is 13.6. The number of carboxylic acids is 1. The zero-order valence-electron chi connectivity index (χ0n) is 20.6. The van der Waals surface area contributed by atoms with E-state index in [2.05, 4.69) is 4.98 Å². The monoisotopic (exact) mass is 488 g/mol. The molecule has 2 aromatic carbocycles. The summed E-state index contributed by atoms with van der Waals surface area (Å²) < 4.78 is 12.4. The van der Waals surface area contributed by atoms with Gasteiger partial charge in [-0.15, -0.1) is 0 Å². The van der Waals surface area contributed by atoms with E-state index < -0.39 is 5.97 Å². The number of hydrogen-bond acceptors (Lipinski definition) is 6. The molecule has 2 aromatic heterocycles. The molecule has 0 amide bonds. The Balaban J connectivity index is 1.78. The second kappa shape index (κ2) is 10.1. The fourth-order valence-corrected chi connectivity index (χ4v) is 4.37. The Morgan fingerprint density at radius 3 is 2.36 bits per heavy atom. The van der Waals surface area contributed by atoms with E-state index in [1.54, 1.807) is 56.5 Å². The SMILES string of the molecule is COc1ccc(C(=O)c2c(C)n(Cc3ccc(C(C)CC(=O)O)cc3O)c3nc(OC)ccc23)cc1. The van der Waals surface area contributed by atoms with Crippen molar-refractivity contribution in [1.29, 1.82) is 0 Å². The van der Waals surface area contributed by atoms with E-state index in [1.165, 1.54) is 7.11 Å². The number of benzene rings is 2. The van der Waals surface area contributed by atoms with Crippen LogP contribution in [-0.2, 0) is 11.3 Å². The van der Waals surface area contributed by atoms with Crippen molar-refractivity contribution in [2.75, 3.05) is 14.2 Å². The van der Waals surface area contributed by atoms with Crippen LogP contribution in [0.1, 0.15) is 52.0 Å². The molecule has 0 fully saturated rings. The largest absolute Gasteiger partial charge is 0.508 e. The molecule has 0 spiro atoms. The van der Waals surface area contributed by atoms with E-state index in [0.717, 1.165) is 5.56 Å². The van der Waals surface area contributed by atoms with E-state index in [4.69, 9.17) is 14.6 Å². The highest BCUT2D eigenvalue weighted by atomic mass is 16.5. The number of ketones is 1.